The van der Waals surface area contributed by atoms with Crippen molar-refractivity contribution in [1.82, 2.24) is 5.32 Å². The van der Waals surface area contributed by atoms with Crippen LogP contribution in [0.3, 0.4) is 0 Å². The number of carbonyl (C=O) groups excluding carboxylic acids is 2. The van der Waals surface area contributed by atoms with Gasteiger partial charge in [-0.15, -0.1) is 0 Å². The van der Waals surface area contributed by atoms with Crippen LogP contribution < -0.4 is 5.32 Å². The highest BCUT2D eigenvalue weighted by atomic mass is 16.5. The molecule has 0 rings (SSSR count). The quantitative estimate of drug-likeness (QED) is 0.0245. The van der Waals surface area contributed by atoms with Gasteiger partial charge >= 0.3 is 5.97 Å². The molecule has 0 fully saturated rings. The fourth-order valence-electron chi connectivity index (χ4n) is 7.53. The number of carbonyl (C=O) groups is 2. The first kappa shape index (κ1) is 59.3. The summed E-state index contributed by atoms with van der Waals surface area (Å²) in [4.78, 5) is 26.1. The number of aliphatic hydroxyl groups is 2. The minimum Gasteiger partial charge on any atom is -0.462 e. The van der Waals surface area contributed by atoms with Crippen molar-refractivity contribution in [2.24, 2.45) is 0 Å². The Morgan fingerprint density at radius 3 is 1.39 bits per heavy atom. The van der Waals surface area contributed by atoms with Gasteiger partial charge in [-0.25, -0.2) is 0 Å². The Kier molecular flexibility index (Phi) is 47.2. The predicted octanol–water partition coefficient (Wildman–Crippen LogP) is 15.8. The normalized spacial score (nSPS) is 13.8. The minimum atomic E-state index is -0.806. The van der Waals surface area contributed by atoms with Gasteiger partial charge in [-0.05, 0) is 89.9 Å². The van der Waals surface area contributed by atoms with Gasteiger partial charge in [0, 0.05) is 6.42 Å². The van der Waals surface area contributed by atoms with E-state index in [1.165, 1.54) is 116 Å². The molecule has 0 aliphatic rings. The van der Waals surface area contributed by atoms with Gasteiger partial charge < -0.3 is 20.3 Å². The lowest BCUT2D eigenvalue weighted by molar-refractivity contribution is -0.151. The van der Waals surface area contributed by atoms with E-state index in [0.717, 1.165) is 77.0 Å². The molecule has 0 bridgehead atoms. The van der Waals surface area contributed by atoms with Crippen molar-refractivity contribution >= 4 is 11.9 Å². The van der Waals surface area contributed by atoms with E-state index < -0.39 is 18.2 Å². The SMILES string of the molecule is CCCCC/C=C\C/C=C\C/C=C\C/C=C\CCCC(=O)OC(CCCCC/C=C/C=C/CCCCCCCCC)CC(=O)NC(CO)C(O)CCCCCCCCCCCC. The third kappa shape index (κ3) is 43.9. The summed E-state index contributed by atoms with van der Waals surface area (Å²) in [5, 5.41) is 23.7. The van der Waals surface area contributed by atoms with Crippen LogP contribution in [0.2, 0.25) is 0 Å². The van der Waals surface area contributed by atoms with E-state index in [-0.39, 0.29) is 24.9 Å². The number of esters is 1. The Hall–Kier alpha value is -2.70. The highest BCUT2D eigenvalue weighted by Gasteiger charge is 2.24. The van der Waals surface area contributed by atoms with Crippen molar-refractivity contribution < 1.29 is 24.5 Å². The van der Waals surface area contributed by atoms with Crippen LogP contribution in [-0.2, 0) is 14.3 Å². The Bertz CT molecular complexity index is 1150. The van der Waals surface area contributed by atoms with E-state index in [1.807, 2.05) is 0 Å². The molecule has 62 heavy (non-hydrogen) atoms. The molecule has 0 aromatic carbocycles. The minimum absolute atomic E-state index is 0.0355. The molecule has 0 saturated carbocycles. The number of ether oxygens (including phenoxy) is 1. The molecule has 0 heterocycles. The lowest BCUT2D eigenvalue weighted by Crippen LogP contribution is -2.46. The lowest BCUT2D eigenvalue weighted by Gasteiger charge is -2.24. The maximum atomic E-state index is 13.2. The van der Waals surface area contributed by atoms with Crippen LogP contribution in [0.1, 0.15) is 245 Å². The number of rotatable bonds is 46. The molecule has 0 spiro atoms. The Morgan fingerprint density at radius 2 is 0.871 bits per heavy atom. The third-order valence-electron chi connectivity index (χ3n) is 11.5. The second-order valence-corrected chi connectivity index (χ2v) is 17.6. The summed E-state index contributed by atoms with van der Waals surface area (Å²) in [7, 11) is 0. The van der Waals surface area contributed by atoms with Crippen LogP contribution in [0.4, 0.5) is 0 Å². The Balaban J connectivity index is 4.74. The number of amides is 1. The molecule has 0 saturated heterocycles. The standard InChI is InChI=1S/C56H99NO5/c1-4-7-10-13-16-19-22-24-26-28-30-32-34-37-40-43-46-49-56(61)62-52(47-44-41-38-35-33-31-29-27-25-23-20-17-14-11-8-5-2)50-55(60)57-53(51-58)54(59)48-45-42-39-36-21-18-15-12-9-6-3/h16,19,24,26-27,29-33,37,40,52-54,58-59H,4-15,17-18,20-23,25,28,34-36,38-39,41-51H2,1-3H3,(H,57,60)/b19-16-,26-24-,29-27+,32-30-,33-31+,40-37-. The molecule has 0 radical (unpaired) electrons. The van der Waals surface area contributed by atoms with Gasteiger partial charge in [0.15, 0.2) is 0 Å². The monoisotopic (exact) mass is 866 g/mol. The van der Waals surface area contributed by atoms with E-state index in [9.17, 15) is 19.8 Å². The molecule has 6 nitrogen and oxygen atoms in total. The van der Waals surface area contributed by atoms with Crippen molar-refractivity contribution in [2.75, 3.05) is 6.61 Å². The lowest BCUT2D eigenvalue weighted by atomic mass is 10.0. The molecule has 6 heteroatoms. The van der Waals surface area contributed by atoms with E-state index in [4.69, 9.17) is 4.74 Å². The fraction of sp³-hybridized carbons (Fsp3) is 0.750. The first-order valence-electron chi connectivity index (χ1n) is 26.2. The number of hydrogen-bond donors (Lipinski definition) is 3. The summed E-state index contributed by atoms with van der Waals surface area (Å²) >= 11 is 0. The van der Waals surface area contributed by atoms with Gasteiger partial charge in [0.25, 0.3) is 0 Å². The number of aliphatic hydroxyl groups excluding tert-OH is 2. The number of allylic oxidation sites excluding steroid dienone is 12. The van der Waals surface area contributed by atoms with Crippen LogP contribution in [0, 0.1) is 0 Å². The Morgan fingerprint density at radius 1 is 0.484 bits per heavy atom. The molecule has 3 unspecified atom stereocenters. The zero-order valence-corrected chi connectivity index (χ0v) is 40.7. The average molecular weight is 866 g/mol. The number of nitrogens with one attached hydrogen (secondary N) is 1. The highest BCUT2D eigenvalue weighted by Crippen LogP contribution is 2.17. The van der Waals surface area contributed by atoms with Crippen molar-refractivity contribution in [3.05, 3.63) is 72.9 Å². The summed E-state index contributed by atoms with van der Waals surface area (Å²) in [6.45, 7) is 6.42. The summed E-state index contributed by atoms with van der Waals surface area (Å²) in [5.74, 6) is -0.569. The zero-order valence-electron chi connectivity index (χ0n) is 40.7. The van der Waals surface area contributed by atoms with Crippen molar-refractivity contribution in [2.45, 2.75) is 264 Å². The first-order chi connectivity index (χ1) is 30.5. The summed E-state index contributed by atoms with van der Waals surface area (Å²) in [6.07, 6.45) is 62.5. The van der Waals surface area contributed by atoms with Crippen LogP contribution in [0.5, 0.6) is 0 Å². The number of unbranched alkanes of at least 4 members (excludes halogenated alkanes) is 23. The summed E-state index contributed by atoms with van der Waals surface area (Å²) in [6, 6.07) is -0.723. The smallest absolute Gasteiger partial charge is 0.306 e. The second-order valence-electron chi connectivity index (χ2n) is 17.6. The fourth-order valence-corrected chi connectivity index (χ4v) is 7.53. The van der Waals surface area contributed by atoms with Gasteiger partial charge in [-0.2, -0.15) is 0 Å². The van der Waals surface area contributed by atoms with E-state index in [1.54, 1.807) is 0 Å². The Labute approximate surface area is 383 Å². The molecular formula is C56H99NO5. The molecular weight excluding hydrogens is 767 g/mol. The van der Waals surface area contributed by atoms with Gasteiger partial charge in [-0.3, -0.25) is 9.59 Å². The molecule has 0 aliphatic carbocycles. The van der Waals surface area contributed by atoms with Crippen LogP contribution in [0.15, 0.2) is 72.9 Å². The van der Waals surface area contributed by atoms with Gasteiger partial charge in [0.1, 0.15) is 6.10 Å². The maximum Gasteiger partial charge on any atom is 0.306 e. The molecule has 3 atom stereocenters. The van der Waals surface area contributed by atoms with Crippen molar-refractivity contribution in [1.29, 1.82) is 0 Å². The second kappa shape index (κ2) is 49.3. The largest absolute Gasteiger partial charge is 0.462 e. The molecule has 1 amide bonds. The highest BCUT2D eigenvalue weighted by molar-refractivity contribution is 5.77. The average Bonchev–Trinajstić information content (AvgIpc) is 3.26. The molecule has 0 aliphatic heterocycles. The molecule has 0 aromatic rings. The number of hydrogen-bond acceptors (Lipinski definition) is 5. The van der Waals surface area contributed by atoms with Crippen LogP contribution in [-0.4, -0.2) is 46.9 Å². The van der Waals surface area contributed by atoms with Gasteiger partial charge in [0.2, 0.25) is 5.91 Å². The van der Waals surface area contributed by atoms with Gasteiger partial charge in [-0.1, -0.05) is 216 Å². The third-order valence-corrected chi connectivity index (χ3v) is 11.5. The van der Waals surface area contributed by atoms with Crippen LogP contribution in [0.25, 0.3) is 0 Å². The molecule has 358 valence electrons. The zero-order chi connectivity index (χ0) is 45.2. The van der Waals surface area contributed by atoms with Crippen molar-refractivity contribution in [3.63, 3.8) is 0 Å². The molecule has 3 N–H and O–H groups in total. The predicted molar refractivity (Wildman–Crippen MR) is 268 cm³/mol. The first-order valence-corrected chi connectivity index (χ1v) is 26.2. The van der Waals surface area contributed by atoms with Crippen molar-refractivity contribution in [3.8, 4) is 0 Å². The topological polar surface area (TPSA) is 95.9 Å². The summed E-state index contributed by atoms with van der Waals surface area (Å²) in [5.41, 5.74) is 0. The van der Waals surface area contributed by atoms with Gasteiger partial charge in [0.05, 0.1) is 25.2 Å². The van der Waals surface area contributed by atoms with E-state index in [0.29, 0.717) is 25.7 Å². The van der Waals surface area contributed by atoms with E-state index >= 15 is 0 Å². The van der Waals surface area contributed by atoms with E-state index in [2.05, 4.69) is 99.0 Å². The maximum absolute atomic E-state index is 13.2. The molecule has 0 aromatic heterocycles. The van der Waals surface area contributed by atoms with Crippen LogP contribution >= 0.6 is 0 Å². The summed E-state index contributed by atoms with van der Waals surface area (Å²) < 4.78 is 5.90.